The standard InChI is InChI=1S/C26H32N2O3/c1-4-28(5-2)21-14-15-22-19(3)23(26(30)31-24(22)17-21)18-25(29)27-16-10-9-13-20-11-7-6-8-12-20/h6-8,11-12,14-15,17H,4-5,9-10,13,16,18H2,1-3H3,(H,27,29). The average molecular weight is 421 g/mol. The molecule has 1 amide bonds. The van der Waals surface area contributed by atoms with Gasteiger partial charge in [-0.2, -0.15) is 0 Å². The van der Waals surface area contributed by atoms with Crippen molar-refractivity contribution in [3.05, 3.63) is 75.6 Å². The number of nitrogens with one attached hydrogen (secondary N) is 1. The zero-order valence-electron chi connectivity index (χ0n) is 18.7. The largest absolute Gasteiger partial charge is 0.422 e. The summed E-state index contributed by atoms with van der Waals surface area (Å²) in [6.07, 6.45) is 2.95. The summed E-state index contributed by atoms with van der Waals surface area (Å²) < 4.78 is 5.58. The van der Waals surface area contributed by atoms with E-state index in [1.165, 1.54) is 5.56 Å². The molecular weight excluding hydrogens is 388 g/mol. The van der Waals surface area contributed by atoms with E-state index in [0.717, 1.165) is 49.0 Å². The first-order valence-electron chi connectivity index (χ1n) is 11.1. The van der Waals surface area contributed by atoms with Crippen LogP contribution in [-0.2, 0) is 17.6 Å². The summed E-state index contributed by atoms with van der Waals surface area (Å²) in [6.45, 7) is 8.45. The van der Waals surface area contributed by atoms with Gasteiger partial charge in [0.25, 0.3) is 0 Å². The topological polar surface area (TPSA) is 62.6 Å². The van der Waals surface area contributed by atoms with Gasteiger partial charge < -0.3 is 14.6 Å². The van der Waals surface area contributed by atoms with Crippen LogP contribution in [0, 0.1) is 6.92 Å². The van der Waals surface area contributed by atoms with Gasteiger partial charge in [-0.1, -0.05) is 30.3 Å². The molecule has 0 fully saturated rings. The van der Waals surface area contributed by atoms with Crippen LogP contribution < -0.4 is 15.8 Å². The Morgan fingerprint density at radius 3 is 2.48 bits per heavy atom. The lowest BCUT2D eigenvalue weighted by molar-refractivity contribution is -0.120. The number of fused-ring (bicyclic) bond motifs is 1. The third-order valence-electron chi connectivity index (χ3n) is 5.79. The lowest BCUT2D eigenvalue weighted by atomic mass is 10.0. The van der Waals surface area contributed by atoms with Crippen molar-refractivity contribution in [2.24, 2.45) is 0 Å². The van der Waals surface area contributed by atoms with Crippen LogP contribution in [-0.4, -0.2) is 25.5 Å². The maximum Gasteiger partial charge on any atom is 0.340 e. The fraction of sp³-hybridized carbons (Fsp3) is 0.385. The van der Waals surface area contributed by atoms with Crippen LogP contribution in [0.15, 0.2) is 57.7 Å². The van der Waals surface area contributed by atoms with Gasteiger partial charge in [-0.05, 0) is 63.3 Å². The van der Waals surface area contributed by atoms with Gasteiger partial charge in [0, 0.05) is 36.8 Å². The highest BCUT2D eigenvalue weighted by Gasteiger charge is 2.15. The Morgan fingerprint density at radius 2 is 1.77 bits per heavy atom. The number of unbranched alkanes of at least 4 members (excludes halogenated alkanes) is 1. The van der Waals surface area contributed by atoms with Gasteiger partial charge in [0.1, 0.15) is 5.58 Å². The zero-order valence-corrected chi connectivity index (χ0v) is 18.7. The highest BCUT2D eigenvalue weighted by Crippen LogP contribution is 2.25. The average Bonchev–Trinajstić information content (AvgIpc) is 2.78. The molecule has 0 aliphatic heterocycles. The minimum absolute atomic E-state index is 0.0423. The van der Waals surface area contributed by atoms with Crippen LogP contribution in [0.1, 0.15) is 43.4 Å². The number of carbonyl (C=O) groups is 1. The number of benzene rings is 2. The summed E-state index contributed by atoms with van der Waals surface area (Å²) in [6, 6.07) is 16.3. The minimum atomic E-state index is -0.430. The number of carbonyl (C=O) groups excluding carboxylic acids is 1. The fourth-order valence-corrected chi connectivity index (χ4v) is 3.92. The molecule has 5 nitrogen and oxygen atoms in total. The van der Waals surface area contributed by atoms with Crippen molar-refractivity contribution < 1.29 is 9.21 Å². The van der Waals surface area contributed by atoms with Crippen molar-refractivity contribution in [1.82, 2.24) is 5.32 Å². The third kappa shape index (κ3) is 5.75. The predicted octanol–water partition coefficient (Wildman–Crippen LogP) is 4.63. The van der Waals surface area contributed by atoms with Crippen LogP contribution in [0.3, 0.4) is 0 Å². The van der Waals surface area contributed by atoms with Gasteiger partial charge in [0.05, 0.1) is 12.0 Å². The minimum Gasteiger partial charge on any atom is -0.422 e. The number of rotatable bonds is 10. The number of hydrogen-bond donors (Lipinski definition) is 1. The number of hydrogen-bond acceptors (Lipinski definition) is 4. The lowest BCUT2D eigenvalue weighted by Crippen LogP contribution is -2.28. The van der Waals surface area contributed by atoms with Gasteiger partial charge in [-0.3, -0.25) is 4.79 Å². The van der Waals surface area contributed by atoms with E-state index in [2.05, 4.69) is 36.2 Å². The molecule has 0 saturated carbocycles. The van der Waals surface area contributed by atoms with Gasteiger partial charge in [0.2, 0.25) is 5.91 Å². The first kappa shape index (κ1) is 22.6. The first-order chi connectivity index (χ1) is 15.0. The zero-order chi connectivity index (χ0) is 22.2. The fourth-order valence-electron chi connectivity index (χ4n) is 3.92. The molecule has 0 bridgehead atoms. The number of anilines is 1. The summed E-state index contributed by atoms with van der Waals surface area (Å²) in [5.41, 5.74) is 3.72. The van der Waals surface area contributed by atoms with Crippen molar-refractivity contribution >= 4 is 22.6 Å². The Bertz CT molecular complexity index is 1070. The molecule has 5 heteroatoms. The molecule has 3 aromatic rings. The van der Waals surface area contributed by atoms with Crippen molar-refractivity contribution in [2.75, 3.05) is 24.5 Å². The molecule has 3 rings (SSSR count). The first-order valence-corrected chi connectivity index (χ1v) is 11.1. The predicted molar refractivity (Wildman–Crippen MR) is 127 cm³/mol. The molecule has 0 atom stereocenters. The molecule has 31 heavy (non-hydrogen) atoms. The Kier molecular flexibility index (Phi) is 7.88. The maximum atomic E-state index is 12.6. The van der Waals surface area contributed by atoms with E-state index >= 15 is 0 Å². The lowest BCUT2D eigenvalue weighted by Gasteiger charge is -2.21. The molecule has 164 valence electrons. The molecule has 1 N–H and O–H groups in total. The van der Waals surface area contributed by atoms with Gasteiger partial charge in [-0.25, -0.2) is 4.79 Å². The Hall–Kier alpha value is -3.08. The van der Waals surface area contributed by atoms with Crippen LogP contribution in [0.2, 0.25) is 0 Å². The smallest absolute Gasteiger partial charge is 0.340 e. The second-order valence-electron chi connectivity index (χ2n) is 7.82. The van der Waals surface area contributed by atoms with E-state index in [0.29, 0.717) is 17.7 Å². The highest BCUT2D eigenvalue weighted by molar-refractivity contribution is 5.86. The Labute approximate surface area is 184 Å². The molecule has 0 radical (unpaired) electrons. The molecule has 0 aliphatic rings. The SMILES string of the molecule is CCN(CC)c1ccc2c(C)c(CC(=O)NCCCCc3ccccc3)c(=O)oc2c1. The Morgan fingerprint density at radius 1 is 1.03 bits per heavy atom. The van der Waals surface area contributed by atoms with E-state index in [9.17, 15) is 9.59 Å². The molecule has 1 heterocycles. The summed E-state index contributed by atoms with van der Waals surface area (Å²) in [7, 11) is 0. The van der Waals surface area contributed by atoms with Crippen LogP contribution in [0.25, 0.3) is 11.0 Å². The molecule has 1 aromatic heterocycles. The van der Waals surface area contributed by atoms with Crippen LogP contribution in [0.4, 0.5) is 5.69 Å². The Balaban J connectivity index is 1.60. The number of aryl methyl sites for hydroxylation is 2. The van der Waals surface area contributed by atoms with Crippen LogP contribution in [0.5, 0.6) is 0 Å². The summed E-state index contributed by atoms with van der Waals surface area (Å²) in [5.74, 6) is -0.144. The molecular formula is C26H32N2O3. The van der Waals surface area contributed by atoms with Gasteiger partial charge in [0.15, 0.2) is 0 Å². The molecule has 0 saturated heterocycles. The van der Waals surface area contributed by atoms with Crippen LogP contribution >= 0.6 is 0 Å². The van der Waals surface area contributed by atoms with Crippen molar-refractivity contribution in [3.63, 3.8) is 0 Å². The monoisotopic (exact) mass is 420 g/mol. The maximum absolute atomic E-state index is 12.6. The number of amides is 1. The summed E-state index contributed by atoms with van der Waals surface area (Å²) in [5, 5.41) is 3.81. The summed E-state index contributed by atoms with van der Waals surface area (Å²) in [4.78, 5) is 27.2. The van der Waals surface area contributed by atoms with Crippen molar-refractivity contribution in [3.8, 4) is 0 Å². The molecule has 0 unspecified atom stereocenters. The summed E-state index contributed by atoms with van der Waals surface area (Å²) >= 11 is 0. The third-order valence-corrected chi connectivity index (χ3v) is 5.79. The molecule has 0 spiro atoms. The van der Waals surface area contributed by atoms with Gasteiger partial charge in [-0.15, -0.1) is 0 Å². The van der Waals surface area contributed by atoms with Crippen molar-refractivity contribution in [1.29, 1.82) is 0 Å². The normalized spacial score (nSPS) is 10.9. The molecule has 2 aromatic carbocycles. The van der Waals surface area contributed by atoms with E-state index in [1.54, 1.807) is 0 Å². The quantitative estimate of drug-likeness (QED) is 0.384. The van der Waals surface area contributed by atoms with E-state index in [1.807, 2.05) is 43.3 Å². The van der Waals surface area contributed by atoms with E-state index in [-0.39, 0.29) is 12.3 Å². The van der Waals surface area contributed by atoms with Gasteiger partial charge >= 0.3 is 5.63 Å². The van der Waals surface area contributed by atoms with Crippen molar-refractivity contribution in [2.45, 2.75) is 46.5 Å². The second-order valence-corrected chi connectivity index (χ2v) is 7.82. The second kappa shape index (κ2) is 10.8. The molecule has 0 aliphatic carbocycles. The highest BCUT2D eigenvalue weighted by atomic mass is 16.4. The van der Waals surface area contributed by atoms with E-state index in [4.69, 9.17) is 4.42 Å². The van der Waals surface area contributed by atoms with E-state index < -0.39 is 5.63 Å². The number of nitrogens with zero attached hydrogens (tertiary/aromatic N) is 1.